The molecular weight excluding hydrogens is 176 g/mol. The highest BCUT2D eigenvalue weighted by molar-refractivity contribution is 5.77. The molecule has 2 heterocycles. The van der Waals surface area contributed by atoms with Gasteiger partial charge in [0.1, 0.15) is 5.69 Å². The molecule has 14 heavy (non-hydrogen) atoms. The standard InChI is InChI=1S/C10H10N4/c1-2-4-10-8(3-1)5-6-9-7-11-13-14(9)12-10/h1-7,11-13H. The zero-order valence-electron chi connectivity index (χ0n) is 7.49. The molecule has 1 aromatic rings. The Bertz CT molecular complexity index is 564. The number of nitrogens with one attached hydrogen (secondary N) is 3. The van der Waals surface area contributed by atoms with Crippen LogP contribution in [0.2, 0.25) is 0 Å². The van der Waals surface area contributed by atoms with E-state index in [4.69, 9.17) is 0 Å². The van der Waals surface area contributed by atoms with E-state index < -0.39 is 0 Å². The van der Waals surface area contributed by atoms with E-state index in [9.17, 15) is 0 Å². The van der Waals surface area contributed by atoms with E-state index in [1.54, 1.807) is 0 Å². The molecule has 3 N–H and O–H groups in total. The summed E-state index contributed by atoms with van der Waals surface area (Å²) >= 11 is 0. The molecule has 2 aliphatic rings. The van der Waals surface area contributed by atoms with Crippen LogP contribution < -0.4 is 0 Å². The number of hydrogen-bond acceptors (Lipinski definition) is 0. The van der Waals surface area contributed by atoms with Gasteiger partial charge in [0, 0.05) is 6.20 Å². The van der Waals surface area contributed by atoms with Crippen LogP contribution in [0.1, 0.15) is 0 Å². The third kappa shape index (κ3) is 1.01. The quantitative estimate of drug-likeness (QED) is 0.482. The number of para-hydroxylation sites is 1. The van der Waals surface area contributed by atoms with Crippen molar-refractivity contribution in [2.45, 2.75) is 0 Å². The van der Waals surface area contributed by atoms with Crippen LogP contribution in [0, 0.1) is 0 Å². The zero-order valence-corrected chi connectivity index (χ0v) is 7.49. The number of aromatic nitrogens is 4. The van der Waals surface area contributed by atoms with Gasteiger partial charge in [0.25, 0.3) is 0 Å². The second-order valence-electron chi connectivity index (χ2n) is 3.19. The molecule has 4 heteroatoms. The summed E-state index contributed by atoms with van der Waals surface area (Å²) in [5.74, 6) is 0. The second kappa shape index (κ2) is 2.70. The lowest BCUT2D eigenvalue weighted by atomic mass is 10.2. The maximum atomic E-state index is 3.25. The molecule has 0 radical (unpaired) electrons. The van der Waals surface area contributed by atoms with Gasteiger partial charge in [-0.05, 0) is 17.5 Å². The lowest BCUT2D eigenvalue weighted by Crippen LogP contribution is -1.96. The molecule has 2 aliphatic heterocycles. The Morgan fingerprint density at radius 3 is 2.93 bits per heavy atom. The third-order valence-electron chi connectivity index (χ3n) is 2.28. The van der Waals surface area contributed by atoms with Crippen molar-refractivity contribution in [3.63, 3.8) is 0 Å². The molecule has 70 valence electrons. The first-order valence-electron chi connectivity index (χ1n) is 4.49. The average molecular weight is 186 g/mol. The third-order valence-corrected chi connectivity index (χ3v) is 2.28. The fraction of sp³-hybridized carbons (Fsp3) is 0. The first-order chi connectivity index (χ1) is 6.93. The predicted octanol–water partition coefficient (Wildman–Crippen LogP) is 2.18. The Hall–Kier alpha value is -2.10. The fourth-order valence-electron chi connectivity index (χ4n) is 1.55. The molecular formula is C10H10N4. The predicted molar refractivity (Wildman–Crippen MR) is 55.1 cm³/mol. The highest BCUT2D eigenvalue weighted by atomic mass is 15.5. The number of aromatic amines is 3. The number of rotatable bonds is 0. The molecule has 0 saturated carbocycles. The topological polar surface area (TPSA) is 52.3 Å². The lowest BCUT2D eigenvalue weighted by molar-refractivity contribution is 0.707. The molecule has 0 saturated heterocycles. The van der Waals surface area contributed by atoms with Crippen LogP contribution in [0.25, 0.3) is 16.6 Å². The second-order valence-corrected chi connectivity index (χ2v) is 3.19. The van der Waals surface area contributed by atoms with Crippen molar-refractivity contribution < 1.29 is 0 Å². The number of nitrogens with zero attached hydrogens (tertiary/aromatic N) is 1. The van der Waals surface area contributed by atoms with Crippen LogP contribution in [0.3, 0.4) is 0 Å². The minimum absolute atomic E-state index is 1.06. The molecule has 4 nitrogen and oxygen atoms in total. The van der Waals surface area contributed by atoms with Gasteiger partial charge >= 0.3 is 0 Å². The number of fused-ring (bicyclic) bond motifs is 2. The molecule has 0 aliphatic carbocycles. The highest BCUT2D eigenvalue weighted by Gasteiger charge is 1.97. The Labute approximate surface area is 80.1 Å². The SMILES string of the molecule is c1ccc2[nH]n3[nH][nH]cc-3ccc2c1. The number of H-pyrrole nitrogens is 3. The Morgan fingerprint density at radius 2 is 1.93 bits per heavy atom. The molecule has 3 rings (SSSR count). The van der Waals surface area contributed by atoms with Crippen molar-refractivity contribution in [1.29, 1.82) is 0 Å². The maximum absolute atomic E-state index is 3.25. The molecule has 1 aromatic carbocycles. The van der Waals surface area contributed by atoms with Gasteiger partial charge in [-0.2, -0.15) is 4.80 Å². The summed E-state index contributed by atoms with van der Waals surface area (Å²) in [6.07, 6.45) is 1.90. The van der Waals surface area contributed by atoms with Gasteiger partial charge in [-0.1, -0.05) is 24.3 Å². The molecule has 0 atom stereocenters. The molecule has 0 spiro atoms. The van der Waals surface area contributed by atoms with Crippen molar-refractivity contribution in [1.82, 2.24) is 20.2 Å². The van der Waals surface area contributed by atoms with E-state index in [0.29, 0.717) is 0 Å². The van der Waals surface area contributed by atoms with Gasteiger partial charge in [-0.15, -0.1) is 0 Å². The minimum atomic E-state index is 1.06. The summed E-state index contributed by atoms with van der Waals surface area (Å²) in [5.41, 5.74) is 2.14. The summed E-state index contributed by atoms with van der Waals surface area (Å²) in [6, 6.07) is 12.3. The molecule has 0 amide bonds. The van der Waals surface area contributed by atoms with Crippen LogP contribution in [-0.2, 0) is 0 Å². The average Bonchev–Trinajstić information content (AvgIpc) is 2.58. The Balaban J connectivity index is 2.48. The molecule has 0 aromatic heterocycles. The molecule has 0 unspecified atom stereocenters. The van der Waals surface area contributed by atoms with Gasteiger partial charge in [0.05, 0.1) is 5.52 Å². The van der Waals surface area contributed by atoms with Crippen LogP contribution in [0.5, 0.6) is 0 Å². The first kappa shape index (κ1) is 7.32. The fourth-order valence-corrected chi connectivity index (χ4v) is 1.55. The van der Waals surface area contributed by atoms with Crippen molar-refractivity contribution in [3.8, 4) is 5.69 Å². The van der Waals surface area contributed by atoms with E-state index in [0.717, 1.165) is 11.2 Å². The van der Waals surface area contributed by atoms with Crippen molar-refractivity contribution in [2.75, 3.05) is 0 Å². The minimum Gasteiger partial charge on any atom is -0.290 e. The summed E-state index contributed by atoms with van der Waals surface area (Å²) in [5, 5.41) is 10.3. The van der Waals surface area contributed by atoms with E-state index >= 15 is 0 Å². The van der Waals surface area contributed by atoms with Crippen LogP contribution in [0.15, 0.2) is 42.6 Å². The van der Waals surface area contributed by atoms with Crippen LogP contribution in [-0.4, -0.2) is 20.2 Å². The van der Waals surface area contributed by atoms with Gasteiger partial charge in [0.15, 0.2) is 0 Å². The number of benzene rings is 1. The van der Waals surface area contributed by atoms with E-state index in [2.05, 4.69) is 27.5 Å². The van der Waals surface area contributed by atoms with Crippen LogP contribution in [0.4, 0.5) is 0 Å². The largest absolute Gasteiger partial charge is 0.290 e. The van der Waals surface area contributed by atoms with Gasteiger partial charge in [-0.25, -0.2) is 5.21 Å². The van der Waals surface area contributed by atoms with E-state index in [-0.39, 0.29) is 0 Å². The van der Waals surface area contributed by atoms with E-state index in [1.165, 1.54) is 5.39 Å². The van der Waals surface area contributed by atoms with Gasteiger partial charge in [0.2, 0.25) is 0 Å². The summed E-state index contributed by atoms with van der Waals surface area (Å²) in [6.45, 7) is 0. The first-order valence-corrected chi connectivity index (χ1v) is 4.49. The molecule has 0 fully saturated rings. The number of hydrogen-bond donors (Lipinski definition) is 3. The monoisotopic (exact) mass is 186 g/mol. The van der Waals surface area contributed by atoms with Crippen LogP contribution >= 0.6 is 0 Å². The van der Waals surface area contributed by atoms with Gasteiger partial charge < -0.3 is 0 Å². The summed E-state index contributed by atoms with van der Waals surface area (Å²) in [7, 11) is 0. The van der Waals surface area contributed by atoms with Gasteiger partial charge in [-0.3, -0.25) is 10.2 Å². The van der Waals surface area contributed by atoms with Crippen molar-refractivity contribution >= 4 is 10.9 Å². The Kier molecular flexibility index (Phi) is 1.41. The highest BCUT2D eigenvalue weighted by Crippen LogP contribution is 2.11. The smallest absolute Gasteiger partial charge is 0.100 e. The Morgan fingerprint density at radius 1 is 1.00 bits per heavy atom. The van der Waals surface area contributed by atoms with E-state index in [1.807, 2.05) is 35.3 Å². The summed E-state index contributed by atoms with van der Waals surface area (Å²) in [4.78, 5) is 1.84. The van der Waals surface area contributed by atoms with Crippen molar-refractivity contribution in [3.05, 3.63) is 42.6 Å². The van der Waals surface area contributed by atoms with Crippen molar-refractivity contribution in [2.24, 2.45) is 0 Å². The zero-order chi connectivity index (χ0) is 9.38. The molecule has 0 bridgehead atoms. The lowest BCUT2D eigenvalue weighted by Gasteiger charge is -1.96. The summed E-state index contributed by atoms with van der Waals surface area (Å²) < 4.78 is 0. The normalized spacial score (nSPS) is 10.9. The maximum Gasteiger partial charge on any atom is 0.100 e.